The van der Waals surface area contributed by atoms with Crippen LogP contribution in [0.5, 0.6) is 11.5 Å². The molecule has 3 aromatic rings. The van der Waals surface area contributed by atoms with Gasteiger partial charge in [0, 0.05) is 9.26 Å². The number of hydrogen-bond donors (Lipinski definition) is 1. The quantitative estimate of drug-likeness (QED) is 0.244. The molecule has 0 aromatic heterocycles. The Morgan fingerprint density at radius 2 is 1.87 bits per heavy atom. The molecule has 0 heterocycles. The van der Waals surface area contributed by atoms with Gasteiger partial charge in [0.05, 0.1) is 7.11 Å². The molecule has 3 rings (SSSR count). The van der Waals surface area contributed by atoms with Crippen molar-refractivity contribution in [3.05, 3.63) is 92.6 Å². The van der Waals surface area contributed by atoms with E-state index in [1.807, 2.05) is 55.5 Å². The Morgan fingerprint density at radius 1 is 1.10 bits per heavy atom. The highest BCUT2D eigenvalue weighted by molar-refractivity contribution is 14.1. The lowest BCUT2D eigenvalue weighted by Crippen LogP contribution is -2.13. The minimum absolute atomic E-state index is 0.00360. The van der Waals surface area contributed by atoms with Gasteiger partial charge in [-0.05, 0) is 88.7 Å². The van der Waals surface area contributed by atoms with Gasteiger partial charge in [0.25, 0.3) is 5.91 Å². The fraction of sp³-hybridized carbons (Fsp3) is 0.120. The summed E-state index contributed by atoms with van der Waals surface area (Å²) in [6.07, 6.45) is 1.52. The molecule has 0 bridgehead atoms. The largest absolute Gasteiger partial charge is 0.493 e. The molecular formula is C25H21IN2O3. The number of carbonyl (C=O) groups excluding carboxylic acids is 1. The normalized spacial score (nSPS) is 10.8. The molecule has 0 aliphatic heterocycles. The second-order valence-corrected chi connectivity index (χ2v) is 8.06. The van der Waals surface area contributed by atoms with E-state index in [1.54, 1.807) is 31.4 Å². The molecule has 0 unspecified atom stereocenters. The van der Waals surface area contributed by atoms with Crippen LogP contribution in [0.25, 0.3) is 6.08 Å². The molecule has 0 saturated carbocycles. The fourth-order valence-electron chi connectivity index (χ4n) is 2.87. The zero-order valence-electron chi connectivity index (χ0n) is 17.2. The number of aryl methyl sites for hydroxylation is 1. The number of nitrogens with zero attached hydrogens (tertiary/aromatic N) is 1. The number of benzene rings is 3. The average Bonchev–Trinajstić information content (AvgIpc) is 2.77. The predicted octanol–water partition coefficient (Wildman–Crippen LogP) is 5.73. The van der Waals surface area contributed by atoms with Crippen molar-refractivity contribution in [2.45, 2.75) is 13.5 Å². The van der Waals surface area contributed by atoms with Crippen LogP contribution in [0.4, 0.5) is 5.69 Å². The zero-order valence-corrected chi connectivity index (χ0v) is 19.3. The van der Waals surface area contributed by atoms with E-state index < -0.39 is 5.91 Å². The van der Waals surface area contributed by atoms with Crippen molar-refractivity contribution in [3.8, 4) is 17.6 Å². The SMILES string of the molecule is COc1cc(/C=C(/C#N)C(=O)Nc2cccc(C)c2)ccc1OCc1ccc(I)cc1. The number of halogens is 1. The van der Waals surface area contributed by atoms with Gasteiger partial charge in [-0.2, -0.15) is 5.26 Å². The summed E-state index contributed by atoms with van der Waals surface area (Å²) in [5.74, 6) is 0.641. The van der Waals surface area contributed by atoms with Crippen LogP contribution in [0.15, 0.2) is 72.3 Å². The number of carbonyl (C=O) groups is 1. The van der Waals surface area contributed by atoms with Crippen molar-refractivity contribution in [1.82, 2.24) is 0 Å². The van der Waals surface area contributed by atoms with Gasteiger partial charge in [-0.15, -0.1) is 0 Å². The van der Waals surface area contributed by atoms with Crippen molar-refractivity contribution in [1.29, 1.82) is 5.26 Å². The summed E-state index contributed by atoms with van der Waals surface area (Å²) in [5.41, 5.74) is 3.37. The van der Waals surface area contributed by atoms with E-state index in [9.17, 15) is 10.1 Å². The third kappa shape index (κ3) is 6.33. The number of ether oxygens (including phenoxy) is 2. The Hall–Kier alpha value is -3.31. The first-order valence-electron chi connectivity index (χ1n) is 9.53. The molecule has 0 saturated heterocycles. The summed E-state index contributed by atoms with van der Waals surface area (Å²) < 4.78 is 12.5. The van der Waals surface area contributed by atoms with Crippen LogP contribution < -0.4 is 14.8 Å². The monoisotopic (exact) mass is 524 g/mol. The summed E-state index contributed by atoms with van der Waals surface area (Å²) in [7, 11) is 1.55. The smallest absolute Gasteiger partial charge is 0.266 e. The highest BCUT2D eigenvalue weighted by Crippen LogP contribution is 2.30. The highest BCUT2D eigenvalue weighted by atomic mass is 127. The van der Waals surface area contributed by atoms with Crippen LogP contribution in [0.2, 0.25) is 0 Å². The topological polar surface area (TPSA) is 71.3 Å². The zero-order chi connectivity index (χ0) is 22.2. The van der Waals surface area contributed by atoms with Gasteiger partial charge >= 0.3 is 0 Å². The molecule has 6 heteroatoms. The lowest BCUT2D eigenvalue weighted by molar-refractivity contribution is -0.112. The number of methoxy groups -OCH3 is 1. The second-order valence-electron chi connectivity index (χ2n) is 6.82. The Kier molecular flexibility index (Phi) is 7.68. The lowest BCUT2D eigenvalue weighted by Gasteiger charge is -2.12. The first-order chi connectivity index (χ1) is 15.0. The molecule has 5 nitrogen and oxygen atoms in total. The van der Waals surface area contributed by atoms with Crippen LogP contribution >= 0.6 is 22.6 Å². The van der Waals surface area contributed by atoms with Crippen molar-refractivity contribution in [2.24, 2.45) is 0 Å². The number of amides is 1. The summed E-state index contributed by atoms with van der Waals surface area (Å²) in [6, 6.07) is 22.7. The summed E-state index contributed by atoms with van der Waals surface area (Å²) in [6.45, 7) is 2.34. The van der Waals surface area contributed by atoms with Crippen molar-refractivity contribution in [2.75, 3.05) is 12.4 Å². The van der Waals surface area contributed by atoms with Gasteiger partial charge in [0.15, 0.2) is 11.5 Å². The Bertz CT molecular complexity index is 1150. The highest BCUT2D eigenvalue weighted by Gasteiger charge is 2.11. The van der Waals surface area contributed by atoms with E-state index in [1.165, 1.54) is 6.08 Å². The maximum absolute atomic E-state index is 12.5. The van der Waals surface area contributed by atoms with Crippen LogP contribution in [0.3, 0.4) is 0 Å². The van der Waals surface area contributed by atoms with E-state index in [4.69, 9.17) is 9.47 Å². The van der Waals surface area contributed by atoms with E-state index in [-0.39, 0.29) is 5.57 Å². The summed E-state index contributed by atoms with van der Waals surface area (Å²) in [5, 5.41) is 12.2. The van der Waals surface area contributed by atoms with Crippen LogP contribution in [-0.2, 0) is 11.4 Å². The standard InChI is InChI=1S/C25H21IN2O3/c1-17-4-3-5-22(12-17)28-25(29)20(15-27)13-19-8-11-23(24(14-19)30-2)31-16-18-6-9-21(26)10-7-18/h3-14H,16H2,1-2H3,(H,28,29)/b20-13-. The number of hydrogen-bond acceptors (Lipinski definition) is 4. The average molecular weight is 524 g/mol. The number of nitrogens with one attached hydrogen (secondary N) is 1. The molecule has 0 fully saturated rings. The first kappa shape index (κ1) is 22.4. The molecular weight excluding hydrogens is 503 g/mol. The maximum atomic E-state index is 12.5. The molecule has 31 heavy (non-hydrogen) atoms. The lowest BCUT2D eigenvalue weighted by atomic mass is 10.1. The van der Waals surface area contributed by atoms with E-state index in [2.05, 4.69) is 27.9 Å². The molecule has 156 valence electrons. The molecule has 0 radical (unpaired) electrons. The van der Waals surface area contributed by atoms with Gasteiger partial charge in [0.2, 0.25) is 0 Å². The number of nitriles is 1. The first-order valence-corrected chi connectivity index (χ1v) is 10.6. The number of rotatable bonds is 7. The van der Waals surface area contributed by atoms with Gasteiger partial charge in [-0.3, -0.25) is 4.79 Å². The van der Waals surface area contributed by atoms with E-state index in [0.717, 1.165) is 14.7 Å². The van der Waals surface area contributed by atoms with Crippen LogP contribution in [0.1, 0.15) is 16.7 Å². The molecule has 1 N–H and O–H groups in total. The summed E-state index contributed by atoms with van der Waals surface area (Å²) >= 11 is 2.26. The second kappa shape index (κ2) is 10.6. The Morgan fingerprint density at radius 3 is 2.55 bits per heavy atom. The fourth-order valence-corrected chi connectivity index (χ4v) is 3.23. The minimum Gasteiger partial charge on any atom is -0.493 e. The van der Waals surface area contributed by atoms with Gasteiger partial charge in [-0.1, -0.05) is 30.3 Å². The molecule has 3 aromatic carbocycles. The third-order valence-corrected chi connectivity index (χ3v) is 5.17. The van der Waals surface area contributed by atoms with Gasteiger partial charge < -0.3 is 14.8 Å². The van der Waals surface area contributed by atoms with Crippen LogP contribution in [0, 0.1) is 21.8 Å². The van der Waals surface area contributed by atoms with E-state index in [0.29, 0.717) is 29.4 Å². The Labute approximate surface area is 195 Å². The molecule has 1 amide bonds. The van der Waals surface area contributed by atoms with Gasteiger partial charge in [-0.25, -0.2) is 0 Å². The minimum atomic E-state index is -0.467. The third-order valence-electron chi connectivity index (χ3n) is 4.45. The Balaban J connectivity index is 1.74. The predicted molar refractivity (Wildman–Crippen MR) is 130 cm³/mol. The molecule has 0 aliphatic carbocycles. The van der Waals surface area contributed by atoms with Crippen molar-refractivity contribution in [3.63, 3.8) is 0 Å². The van der Waals surface area contributed by atoms with Crippen molar-refractivity contribution >= 4 is 40.3 Å². The summed E-state index contributed by atoms with van der Waals surface area (Å²) in [4.78, 5) is 12.5. The van der Waals surface area contributed by atoms with Crippen molar-refractivity contribution < 1.29 is 14.3 Å². The molecule has 0 aliphatic rings. The molecule has 0 atom stereocenters. The maximum Gasteiger partial charge on any atom is 0.266 e. The molecule has 0 spiro atoms. The number of anilines is 1. The van der Waals surface area contributed by atoms with Crippen LogP contribution in [-0.4, -0.2) is 13.0 Å². The van der Waals surface area contributed by atoms with E-state index >= 15 is 0 Å². The van der Waals surface area contributed by atoms with Gasteiger partial charge in [0.1, 0.15) is 18.2 Å².